The first-order chi connectivity index (χ1) is 11.4. The molecule has 0 unspecified atom stereocenters. The predicted molar refractivity (Wildman–Crippen MR) is 93.6 cm³/mol. The predicted octanol–water partition coefficient (Wildman–Crippen LogP) is 3.75. The minimum atomic E-state index is -3.65. The van der Waals surface area contributed by atoms with Gasteiger partial charge in [-0.05, 0) is 49.7 Å². The van der Waals surface area contributed by atoms with Crippen molar-refractivity contribution < 1.29 is 17.9 Å². The molecule has 0 saturated heterocycles. The van der Waals surface area contributed by atoms with E-state index in [0.29, 0.717) is 17.9 Å². The molecule has 0 spiro atoms. The lowest BCUT2D eigenvalue weighted by molar-refractivity contribution is 0.0500. The molecular formula is C18H21NO4S. The minimum absolute atomic E-state index is 0.191. The molecule has 0 aliphatic rings. The van der Waals surface area contributed by atoms with Crippen LogP contribution in [0.3, 0.4) is 0 Å². The van der Waals surface area contributed by atoms with Gasteiger partial charge in [0, 0.05) is 5.69 Å². The second-order valence-electron chi connectivity index (χ2n) is 5.49. The molecule has 0 radical (unpaired) electrons. The smallest absolute Gasteiger partial charge is 0.338 e. The van der Waals surface area contributed by atoms with Crippen LogP contribution in [-0.4, -0.2) is 21.0 Å². The molecule has 24 heavy (non-hydrogen) atoms. The van der Waals surface area contributed by atoms with E-state index in [1.54, 1.807) is 48.5 Å². The fourth-order valence-electron chi connectivity index (χ4n) is 2.00. The number of hydrogen-bond donors (Lipinski definition) is 1. The van der Waals surface area contributed by atoms with Crippen molar-refractivity contribution in [1.29, 1.82) is 0 Å². The molecule has 1 N–H and O–H groups in total. The highest BCUT2D eigenvalue weighted by Crippen LogP contribution is 2.17. The quantitative estimate of drug-likeness (QED) is 0.611. The van der Waals surface area contributed by atoms with Crippen LogP contribution in [0.5, 0.6) is 0 Å². The monoisotopic (exact) mass is 347 g/mol. The lowest BCUT2D eigenvalue weighted by atomic mass is 10.2. The van der Waals surface area contributed by atoms with Crippen LogP contribution in [-0.2, 0) is 14.8 Å². The molecule has 0 atom stereocenters. The van der Waals surface area contributed by atoms with Gasteiger partial charge in [-0.25, -0.2) is 13.2 Å². The van der Waals surface area contributed by atoms with Gasteiger partial charge in [-0.2, -0.15) is 0 Å². The maximum Gasteiger partial charge on any atom is 0.338 e. The molecule has 2 aromatic carbocycles. The average Bonchev–Trinajstić information content (AvgIpc) is 2.55. The van der Waals surface area contributed by atoms with Crippen molar-refractivity contribution in [2.75, 3.05) is 11.3 Å². The summed E-state index contributed by atoms with van der Waals surface area (Å²) in [6.45, 7) is 4.29. The Morgan fingerprint density at radius 1 is 1.04 bits per heavy atom. The largest absolute Gasteiger partial charge is 0.462 e. The van der Waals surface area contributed by atoms with Gasteiger partial charge < -0.3 is 4.74 Å². The Kier molecular flexibility index (Phi) is 5.98. The van der Waals surface area contributed by atoms with Gasteiger partial charge in [0.05, 0.1) is 17.1 Å². The molecule has 0 amide bonds. The Balaban J connectivity index is 2.05. The number of hydrogen-bond acceptors (Lipinski definition) is 4. The normalized spacial score (nSPS) is 11.1. The minimum Gasteiger partial charge on any atom is -0.462 e. The number of anilines is 1. The van der Waals surface area contributed by atoms with Crippen LogP contribution < -0.4 is 4.72 Å². The van der Waals surface area contributed by atoms with E-state index >= 15 is 0 Å². The highest BCUT2D eigenvalue weighted by molar-refractivity contribution is 7.92. The van der Waals surface area contributed by atoms with Gasteiger partial charge in [-0.3, -0.25) is 4.72 Å². The van der Waals surface area contributed by atoms with E-state index in [-0.39, 0.29) is 4.90 Å². The summed E-state index contributed by atoms with van der Waals surface area (Å²) in [5.41, 5.74) is 1.77. The highest BCUT2D eigenvalue weighted by atomic mass is 32.2. The van der Waals surface area contributed by atoms with Gasteiger partial charge in [0.25, 0.3) is 10.0 Å². The number of carbonyl (C=O) groups is 1. The fourth-order valence-corrected chi connectivity index (χ4v) is 3.06. The van der Waals surface area contributed by atoms with Crippen LogP contribution in [0, 0.1) is 6.92 Å². The number of carbonyl (C=O) groups excluding carboxylic acids is 1. The molecule has 0 heterocycles. The Morgan fingerprint density at radius 2 is 1.67 bits per heavy atom. The zero-order chi connectivity index (χ0) is 17.6. The number of esters is 1. The second-order valence-corrected chi connectivity index (χ2v) is 7.17. The molecular weight excluding hydrogens is 326 g/mol. The number of benzene rings is 2. The molecule has 0 aliphatic heterocycles. The first kappa shape index (κ1) is 18.0. The molecule has 2 aromatic rings. The summed E-state index contributed by atoms with van der Waals surface area (Å²) >= 11 is 0. The topological polar surface area (TPSA) is 72.5 Å². The highest BCUT2D eigenvalue weighted by Gasteiger charge is 2.14. The van der Waals surface area contributed by atoms with Gasteiger partial charge in [0.1, 0.15) is 0 Å². The van der Waals surface area contributed by atoms with Crippen molar-refractivity contribution >= 4 is 21.7 Å². The molecule has 0 fully saturated rings. The van der Waals surface area contributed by atoms with E-state index in [1.165, 1.54) is 0 Å². The summed E-state index contributed by atoms with van der Waals surface area (Å²) in [6.07, 6.45) is 1.77. The lowest BCUT2D eigenvalue weighted by Gasteiger charge is -2.09. The van der Waals surface area contributed by atoms with Gasteiger partial charge in [0.15, 0.2) is 0 Å². The maximum absolute atomic E-state index is 12.3. The van der Waals surface area contributed by atoms with E-state index in [1.807, 2.05) is 13.8 Å². The fraction of sp³-hybridized carbons (Fsp3) is 0.278. The van der Waals surface area contributed by atoms with Crippen LogP contribution >= 0.6 is 0 Å². The van der Waals surface area contributed by atoms with Crippen LogP contribution in [0.25, 0.3) is 0 Å². The lowest BCUT2D eigenvalue weighted by Crippen LogP contribution is -2.13. The van der Waals surface area contributed by atoms with Crippen molar-refractivity contribution in [3.05, 3.63) is 59.7 Å². The van der Waals surface area contributed by atoms with Crippen molar-refractivity contribution in [2.24, 2.45) is 0 Å². The molecule has 0 aromatic heterocycles. The van der Waals surface area contributed by atoms with Crippen molar-refractivity contribution in [3.8, 4) is 0 Å². The summed E-state index contributed by atoms with van der Waals surface area (Å²) in [6, 6.07) is 12.8. The van der Waals surface area contributed by atoms with Crippen molar-refractivity contribution in [3.63, 3.8) is 0 Å². The Bertz CT molecular complexity index is 781. The number of ether oxygens (including phenoxy) is 1. The number of aryl methyl sites for hydroxylation is 1. The summed E-state index contributed by atoms with van der Waals surface area (Å²) < 4.78 is 32.2. The SMILES string of the molecule is CCCCOC(=O)c1ccc(NS(=O)(=O)c2ccc(C)cc2)cc1. The van der Waals surface area contributed by atoms with Gasteiger partial charge >= 0.3 is 5.97 Å². The zero-order valence-electron chi connectivity index (χ0n) is 13.8. The number of rotatable bonds is 7. The first-order valence-electron chi connectivity index (χ1n) is 7.79. The van der Waals surface area contributed by atoms with E-state index < -0.39 is 16.0 Å². The average molecular weight is 347 g/mol. The molecule has 128 valence electrons. The van der Waals surface area contributed by atoms with E-state index in [9.17, 15) is 13.2 Å². The van der Waals surface area contributed by atoms with E-state index in [0.717, 1.165) is 18.4 Å². The van der Waals surface area contributed by atoms with Gasteiger partial charge in [0.2, 0.25) is 0 Å². The Morgan fingerprint density at radius 3 is 2.25 bits per heavy atom. The third-order valence-electron chi connectivity index (χ3n) is 3.44. The van der Waals surface area contributed by atoms with Crippen LogP contribution in [0.15, 0.2) is 53.4 Å². The molecule has 0 aliphatic carbocycles. The number of sulfonamides is 1. The molecule has 0 bridgehead atoms. The van der Waals surface area contributed by atoms with E-state index in [2.05, 4.69) is 4.72 Å². The Hall–Kier alpha value is -2.34. The molecule has 2 rings (SSSR count). The molecule has 6 heteroatoms. The van der Waals surface area contributed by atoms with Crippen LogP contribution in [0.1, 0.15) is 35.7 Å². The molecule has 0 saturated carbocycles. The third-order valence-corrected chi connectivity index (χ3v) is 4.83. The van der Waals surface area contributed by atoms with Gasteiger partial charge in [-0.1, -0.05) is 31.0 Å². The summed E-state index contributed by atoms with van der Waals surface area (Å²) in [5, 5.41) is 0. The van der Waals surface area contributed by atoms with E-state index in [4.69, 9.17) is 4.74 Å². The van der Waals surface area contributed by atoms with Gasteiger partial charge in [-0.15, -0.1) is 0 Å². The second kappa shape index (κ2) is 7.97. The number of nitrogens with one attached hydrogen (secondary N) is 1. The summed E-state index contributed by atoms with van der Waals surface area (Å²) in [4.78, 5) is 12.0. The van der Waals surface area contributed by atoms with Crippen molar-refractivity contribution in [1.82, 2.24) is 0 Å². The van der Waals surface area contributed by atoms with Crippen LogP contribution in [0.4, 0.5) is 5.69 Å². The third kappa shape index (κ3) is 4.83. The summed E-state index contributed by atoms with van der Waals surface area (Å²) in [5.74, 6) is -0.406. The molecule has 5 nitrogen and oxygen atoms in total. The zero-order valence-corrected chi connectivity index (χ0v) is 14.6. The van der Waals surface area contributed by atoms with Crippen molar-refractivity contribution in [2.45, 2.75) is 31.6 Å². The standard InChI is InChI=1S/C18H21NO4S/c1-3-4-13-23-18(20)15-7-9-16(10-8-15)19-24(21,22)17-11-5-14(2)6-12-17/h5-12,19H,3-4,13H2,1-2H3. The maximum atomic E-state index is 12.3. The van der Waals surface area contributed by atoms with Crippen LogP contribution in [0.2, 0.25) is 0 Å². The number of unbranched alkanes of at least 4 members (excludes halogenated alkanes) is 1. The Labute approximate surface area is 142 Å². The first-order valence-corrected chi connectivity index (χ1v) is 9.27. The summed E-state index contributed by atoms with van der Waals surface area (Å²) in [7, 11) is -3.65.